The van der Waals surface area contributed by atoms with Crippen molar-refractivity contribution in [2.24, 2.45) is 0 Å². The molecule has 0 bridgehead atoms. The standard InChI is InChI=1S/C14H16/c1-3-12-5-4-6-13(10-12)14-8-7-11(2)9-14/h4-8,10H,3,9H2,1-2H3. The minimum absolute atomic E-state index is 1.12. The van der Waals surface area contributed by atoms with Crippen molar-refractivity contribution in [2.75, 3.05) is 0 Å². The van der Waals surface area contributed by atoms with Crippen molar-refractivity contribution in [1.82, 2.24) is 0 Å². The predicted octanol–water partition coefficient (Wildman–Crippen LogP) is 3.98. The number of allylic oxidation sites excluding steroid dienone is 4. The Bertz CT molecular complexity index is 394. The Morgan fingerprint density at radius 3 is 2.71 bits per heavy atom. The van der Waals surface area contributed by atoms with E-state index in [9.17, 15) is 0 Å². The highest BCUT2D eigenvalue weighted by Crippen LogP contribution is 2.27. The topological polar surface area (TPSA) is 0 Å². The predicted molar refractivity (Wildman–Crippen MR) is 62.2 cm³/mol. The first-order chi connectivity index (χ1) is 6.79. The fourth-order valence-electron chi connectivity index (χ4n) is 1.85. The molecule has 1 aliphatic rings. The van der Waals surface area contributed by atoms with E-state index in [2.05, 4.69) is 50.3 Å². The zero-order valence-corrected chi connectivity index (χ0v) is 8.88. The van der Waals surface area contributed by atoms with Crippen molar-refractivity contribution in [3.05, 3.63) is 53.1 Å². The molecule has 0 nitrogen and oxygen atoms in total. The summed E-state index contributed by atoms with van der Waals surface area (Å²) in [6.07, 6.45) is 6.69. The SMILES string of the molecule is CCc1cccc(C2=CC=C(C)C2)c1. The third-order valence-electron chi connectivity index (χ3n) is 2.74. The summed E-state index contributed by atoms with van der Waals surface area (Å²) < 4.78 is 0. The summed E-state index contributed by atoms with van der Waals surface area (Å²) in [5.41, 5.74) is 5.73. The van der Waals surface area contributed by atoms with Gasteiger partial charge in [0.15, 0.2) is 0 Å². The van der Waals surface area contributed by atoms with E-state index >= 15 is 0 Å². The van der Waals surface area contributed by atoms with Crippen molar-refractivity contribution in [1.29, 1.82) is 0 Å². The van der Waals surface area contributed by atoms with Gasteiger partial charge in [0.05, 0.1) is 0 Å². The second kappa shape index (κ2) is 3.83. The molecule has 1 aromatic rings. The molecule has 14 heavy (non-hydrogen) atoms. The highest BCUT2D eigenvalue weighted by molar-refractivity contribution is 5.72. The molecule has 0 N–H and O–H groups in total. The molecule has 0 fully saturated rings. The van der Waals surface area contributed by atoms with Gasteiger partial charge in [-0.2, -0.15) is 0 Å². The Labute approximate surface area is 86.0 Å². The molecule has 0 aliphatic heterocycles. The average molecular weight is 184 g/mol. The molecule has 1 aromatic carbocycles. The maximum atomic E-state index is 2.30. The van der Waals surface area contributed by atoms with Crippen molar-refractivity contribution in [3.63, 3.8) is 0 Å². The Hall–Kier alpha value is -1.30. The Kier molecular flexibility index (Phi) is 2.53. The first-order valence-electron chi connectivity index (χ1n) is 5.25. The van der Waals surface area contributed by atoms with Gasteiger partial charge in [0.25, 0.3) is 0 Å². The molecule has 0 spiro atoms. The van der Waals surface area contributed by atoms with Crippen molar-refractivity contribution in [2.45, 2.75) is 26.7 Å². The van der Waals surface area contributed by atoms with E-state index in [-0.39, 0.29) is 0 Å². The first-order valence-corrected chi connectivity index (χ1v) is 5.25. The van der Waals surface area contributed by atoms with Crippen molar-refractivity contribution in [3.8, 4) is 0 Å². The molecule has 0 aromatic heterocycles. The zero-order chi connectivity index (χ0) is 9.97. The molecular weight excluding hydrogens is 168 g/mol. The lowest BCUT2D eigenvalue weighted by Crippen LogP contribution is -1.85. The van der Waals surface area contributed by atoms with Crippen LogP contribution in [0.15, 0.2) is 42.0 Å². The minimum atomic E-state index is 1.12. The van der Waals surface area contributed by atoms with Gasteiger partial charge in [-0.15, -0.1) is 0 Å². The fourth-order valence-corrected chi connectivity index (χ4v) is 1.85. The Morgan fingerprint density at radius 2 is 2.07 bits per heavy atom. The third-order valence-corrected chi connectivity index (χ3v) is 2.74. The molecule has 0 radical (unpaired) electrons. The molecular formula is C14H16. The van der Waals surface area contributed by atoms with Crippen LogP contribution in [-0.2, 0) is 6.42 Å². The molecule has 2 rings (SSSR count). The molecule has 0 unspecified atom stereocenters. The molecule has 0 saturated carbocycles. The van der Waals surface area contributed by atoms with Crippen LogP contribution in [0.1, 0.15) is 31.4 Å². The lowest BCUT2D eigenvalue weighted by molar-refractivity contribution is 1.13. The average Bonchev–Trinajstić information content (AvgIpc) is 2.65. The van der Waals surface area contributed by atoms with E-state index in [1.54, 1.807) is 0 Å². The lowest BCUT2D eigenvalue weighted by atomic mass is 10.0. The van der Waals surface area contributed by atoms with Crippen LogP contribution in [-0.4, -0.2) is 0 Å². The van der Waals surface area contributed by atoms with Crippen LogP contribution >= 0.6 is 0 Å². The minimum Gasteiger partial charge on any atom is -0.0689 e. The quantitative estimate of drug-likeness (QED) is 0.652. The summed E-state index contributed by atoms with van der Waals surface area (Å²) in [6, 6.07) is 8.86. The zero-order valence-electron chi connectivity index (χ0n) is 8.88. The van der Waals surface area contributed by atoms with E-state index < -0.39 is 0 Å². The highest BCUT2D eigenvalue weighted by Gasteiger charge is 2.06. The summed E-state index contributed by atoms with van der Waals surface area (Å²) >= 11 is 0. The van der Waals surface area contributed by atoms with Crippen molar-refractivity contribution < 1.29 is 0 Å². The number of hydrogen-bond acceptors (Lipinski definition) is 0. The number of benzene rings is 1. The van der Waals surface area contributed by atoms with Gasteiger partial charge in [0.2, 0.25) is 0 Å². The first kappa shape index (κ1) is 9.26. The van der Waals surface area contributed by atoms with Crippen LogP contribution in [0, 0.1) is 0 Å². The van der Waals surface area contributed by atoms with Gasteiger partial charge >= 0.3 is 0 Å². The second-order valence-corrected chi connectivity index (χ2v) is 3.94. The fraction of sp³-hybridized carbons (Fsp3) is 0.286. The van der Waals surface area contributed by atoms with Crippen LogP contribution in [0.3, 0.4) is 0 Å². The van der Waals surface area contributed by atoms with E-state index in [0.717, 1.165) is 12.8 Å². The molecule has 0 saturated heterocycles. The summed E-state index contributed by atoms with van der Waals surface area (Å²) in [6.45, 7) is 4.39. The molecule has 0 amide bonds. The maximum absolute atomic E-state index is 2.30. The molecule has 0 atom stereocenters. The molecule has 0 heterocycles. The normalized spacial score (nSPS) is 15.3. The van der Waals surface area contributed by atoms with Gasteiger partial charge in [-0.1, -0.05) is 48.9 Å². The van der Waals surface area contributed by atoms with Crippen LogP contribution < -0.4 is 0 Å². The van der Waals surface area contributed by atoms with Gasteiger partial charge < -0.3 is 0 Å². The monoisotopic (exact) mass is 184 g/mol. The van der Waals surface area contributed by atoms with Gasteiger partial charge in [-0.3, -0.25) is 0 Å². The summed E-state index contributed by atoms with van der Waals surface area (Å²) in [5, 5.41) is 0. The van der Waals surface area contributed by atoms with Crippen LogP contribution in [0.5, 0.6) is 0 Å². The van der Waals surface area contributed by atoms with Crippen LogP contribution in [0.4, 0.5) is 0 Å². The smallest absolute Gasteiger partial charge is 0.00608 e. The lowest BCUT2D eigenvalue weighted by Gasteiger charge is -2.05. The van der Waals surface area contributed by atoms with Crippen molar-refractivity contribution >= 4 is 5.57 Å². The van der Waals surface area contributed by atoms with Gasteiger partial charge in [-0.05, 0) is 36.5 Å². The molecule has 72 valence electrons. The van der Waals surface area contributed by atoms with E-state index in [4.69, 9.17) is 0 Å². The summed E-state index contributed by atoms with van der Waals surface area (Å²) in [5.74, 6) is 0. The molecule has 0 heteroatoms. The van der Waals surface area contributed by atoms with E-state index in [1.165, 1.54) is 22.3 Å². The summed E-state index contributed by atoms with van der Waals surface area (Å²) in [4.78, 5) is 0. The Morgan fingerprint density at radius 1 is 1.21 bits per heavy atom. The number of rotatable bonds is 2. The number of hydrogen-bond donors (Lipinski definition) is 0. The van der Waals surface area contributed by atoms with Gasteiger partial charge in [0.1, 0.15) is 0 Å². The number of aryl methyl sites for hydroxylation is 1. The van der Waals surface area contributed by atoms with Crippen LogP contribution in [0.2, 0.25) is 0 Å². The van der Waals surface area contributed by atoms with Gasteiger partial charge in [0, 0.05) is 0 Å². The van der Waals surface area contributed by atoms with E-state index in [1.807, 2.05) is 0 Å². The molecule has 1 aliphatic carbocycles. The van der Waals surface area contributed by atoms with Gasteiger partial charge in [-0.25, -0.2) is 0 Å². The Balaban J connectivity index is 2.26. The summed E-state index contributed by atoms with van der Waals surface area (Å²) in [7, 11) is 0. The largest absolute Gasteiger partial charge is 0.0689 e. The van der Waals surface area contributed by atoms with Crippen LogP contribution in [0.25, 0.3) is 5.57 Å². The highest BCUT2D eigenvalue weighted by atomic mass is 14.1. The van der Waals surface area contributed by atoms with E-state index in [0.29, 0.717) is 0 Å². The third kappa shape index (κ3) is 1.79. The maximum Gasteiger partial charge on any atom is -0.00608 e. The second-order valence-electron chi connectivity index (χ2n) is 3.94.